The molecular formula is C18H21N3O2. The van der Waals surface area contributed by atoms with Gasteiger partial charge in [0.05, 0.1) is 0 Å². The van der Waals surface area contributed by atoms with Crippen LogP contribution in [0.1, 0.15) is 11.1 Å². The summed E-state index contributed by atoms with van der Waals surface area (Å²) in [6.07, 6.45) is 0. The molecular weight excluding hydrogens is 290 g/mol. The average Bonchev–Trinajstić information content (AvgIpc) is 2.49. The van der Waals surface area contributed by atoms with Gasteiger partial charge >= 0.3 is 6.03 Å². The predicted octanol–water partition coefficient (Wildman–Crippen LogP) is 3.41. The number of nitrogens with zero attached hydrogens (tertiary/aromatic N) is 1. The fraction of sp³-hybridized carbons (Fsp3) is 0.222. The van der Waals surface area contributed by atoms with E-state index in [0.717, 1.165) is 11.1 Å². The van der Waals surface area contributed by atoms with Crippen LogP contribution in [-0.2, 0) is 4.79 Å². The van der Waals surface area contributed by atoms with E-state index in [1.54, 1.807) is 7.05 Å². The van der Waals surface area contributed by atoms with Crippen LogP contribution in [0.25, 0.3) is 0 Å². The van der Waals surface area contributed by atoms with Crippen LogP contribution in [0.3, 0.4) is 0 Å². The van der Waals surface area contributed by atoms with Crippen molar-refractivity contribution in [3.05, 3.63) is 59.7 Å². The van der Waals surface area contributed by atoms with Crippen molar-refractivity contribution in [2.24, 2.45) is 0 Å². The number of amides is 3. The summed E-state index contributed by atoms with van der Waals surface area (Å²) in [5, 5.41) is 5.53. The molecule has 0 radical (unpaired) electrons. The largest absolute Gasteiger partial charge is 0.325 e. The Balaban J connectivity index is 1.87. The number of anilines is 2. The van der Waals surface area contributed by atoms with E-state index < -0.39 is 0 Å². The zero-order chi connectivity index (χ0) is 16.8. The van der Waals surface area contributed by atoms with Crippen molar-refractivity contribution in [1.82, 2.24) is 4.90 Å². The Morgan fingerprint density at radius 3 is 2.26 bits per heavy atom. The lowest BCUT2D eigenvalue weighted by molar-refractivity contribution is -0.116. The van der Waals surface area contributed by atoms with Crippen LogP contribution in [0.15, 0.2) is 48.5 Å². The van der Waals surface area contributed by atoms with Crippen molar-refractivity contribution in [2.45, 2.75) is 13.8 Å². The Kier molecular flexibility index (Phi) is 5.36. The van der Waals surface area contributed by atoms with E-state index in [-0.39, 0.29) is 18.5 Å². The van der Waals surface area contributed by atoms with Gasteiger partial charge in [0.25, 0.3) is 0 Å². The summed E-state index contributed by atoms with van der Waals surface area (Å²) in [6.45, 7) is 3.91. The first-order valence-corrected chi connectivity index (χ1v) is 7.39. The van der Waals surface area contributed by atoms with E-state index >= 15 is 0 Å². The molecule has 0 aliphatic heterocycles. The lowest BCUT2D eigenvalue weighted by Gasteiger charge is -2.18. The van der Waals surface area contributed by atoms with E-state index in [1.807, 2.05) is 62.4 Å². The van der Waals surface area contributed by atoms with Gasteiger partial charge < -0.3 is 15.5 Å². The van der Waals surface area contributed by atoms with Crippen molar-refractivity contribution < 1.29 is 9.59 Å². The highest BCUT2D eigenvalue weighted by Gasteiger charge is 2.13. The molecule has 2 rings (SSSR count). The summed E-state index contributed by atoms with van der Waals surface area (Å²) in [7, 11) is 1.58. The normalized spacial score (nSPS) is 10.0. The Bertz CT molecular complexity index is 696. The number of carbonyl (C=O) groups excluding carboxylic acids is 2. The molecule has 2 aromatic carbocycles. The Morgan fingerprint density at radius 1 is 0.913 bits per heavy atom. The third-order valence-corrected chi connectivity index (χ3v) is 3.33. The van der Waals surface area contributed by atoms with Gasteiger partial charge in [-0.15, -0.1) is 0 Å². The number of aryl methyl sites for hydroxylation is 2. The number of benzene rings is 2. The number of nitrogens with one attached hydrogen (secondary N) is 2. The first-order valence-electron chi connectivity index (χ1n) is 7.39. The highest BCUT2D eigenvalue weighted by molar-refractivity contribution is 5.96. The first-order chi connectivity index (χ1) is 10.9. The molecule has 5 heteroatoms. The third kappa shape index (κ3) is 5.14. The van der Waals surface area contributed by atoms with Crippen molar-refractivity contribution in [3.63, 3.8) is 0 Å². The smallest absolute Gasteiger partial charge is 0.322 e. The standard InChI is InChI=1S/C18H21N3O2/c1-13-7-9-15(10-8-13)19-17(22)12-21(3)18(23)20-16-6-4-5-14(2)11-16/h4-11H,12H2,1-3H3,(H,19,22)(H,20,23). The number of rotatable bonds is 4. The second-order valence-corrected chi connectivity index (χ2v) is 5.57. The van der Waals surface area contributed by atoms with E-state index in [4.69, 9.17) is 0 Å². The molecule has 0 atom stereocenters. The topological polar surface area (TPSA) is 61.4 Å². The fourth-order valence-corrected chi connectivity index (χ4v) is 2.07. The van der Waals surface area contributed by atoms with Crippen LogP contribution in [0.5, 0.6) is 0 Å². The predicted molar refractivity (Wildman–Crippen MR) is 92.6 cm³/mol. The number of hydrogen-bond donors (Lipinski definition) is 2. The molecule has 0 saturated heterocycles. The van der Waals surface area contributed by atoms with Crippen LogP contribution >= 0.6 is 0 Å². The van der Waals surface area contributed by atoms with E-state index in [9.17, 15) is 9.59 Å². The molecule has 0 aliphatic carbocycles. The first kappa shape index (κ1) is 16.5. The van der Waals surface area contributed by atoms with E-state index in [2.05, 4.69) is 10.6 Å². The van der Waals surface area contributed by atoms with Crippen LogP contribution in [-0.4, -0.2) is 30.4 Å². The second kappa shape index (κ2) is 7.45. The minimum atomic E-state index is -0.324. The summed E-state index contributed by atoms with van der Waals surface area (Å²) in [4.78, 5) is 25.4. The molecule has 2 aromatic rings. The molecule has 3 amide bonds. The minimum absolute atomic E-state index is 0.0223. The SMILES string of the molecule is Cc1ccc(NC(=O)CN(C)C(=O)Nc2cccc(C)c2)cc1. The van der Waals surface area contributed by atoms with Gasteiger partial charge in [-0.05, 0) is 43.7 Å². The van der Waals surface area contributed by atoms with Gasteiger partial charge in [0.2, 0.25) is 5.91 Å². The summed E-state index contributed by atoms with van der Waals surface area (Å²) in [5.74, 6) is -0.240. The van der Waals surface area contributed by atoms with Gasteiger partial charge in [0.1, 0.15) is 6.54 Å². The maximum atomic E-state index is 12.1. The third-order valence-electron chi connectivity index (χ3n) is 3.33. The number of likely N-dealkylation sites (N-methyl/N-ethyl adjacent to an activating group) is 1. The maximum absolute atomic E-state index is 12.1. The van der Waals surface area contributed by atoms with E-state index in [0.29, 0.717) is 11.4 Å². The van der Waals surface area contributed by atoms with Crippen molar-refractivity contribution in [2.75, 3.05) is 24.2 Å². The van der Waals surface area contributed by atoms with Gasteiger partial charge in [-0.25, -0.2) is 4.79 Å². The molecule has 23 heavy (non-hydrogen) atoms. The molecule has 0 unspecified atom stereocenters. The number of urea groups is 1. The van der Waals surface area contributed by atoms with Crippen molar-refractivity contribution in [3.8, 4) is 0 Å². The van der Waals surface area contributed by atoms with E-state index in [1.165, 1.54) is 4.90 Å². The molecule has 120 valence electrons. The fourth-order valence-electron chi connectivity index (χ4n) is 2.07. The minimum Gasteiger partial charge on any atom is -0.325 e. The summed E-state index contributed by atoms with van der Waals surface area (Å²) < 4.78 is 0. The Hall–Kier alpha value is -2.82. The molecule has 2 N–H and O–H groups in total. The summed E-state index contributed by atoms with van der Waals surface area (Å²) in [6, 6.07) is 14.7. The molecule has 5 nitrogen and oxygen atoms in total. The zero-order valence-corrected chi connectivity index (χ0v) is 13.6. The molecule has 0 heterocycles. The maximum Gasteiger partial charge on any atom is 0.322 e. The van der Waals surface area contributed by atoms with Crippen molar-refractivity contribution in [1.29, 1.82) is 0 Å². The molecule has 0 fully saturated rings. The van der Waals surface area contributed by atoms with Crippen LogP contribution in [0.2, 0.25) is 0 Å². The average molecular weight is 311 g/mol. The molecule has 0 spiro atoms. The van der Waals surface area contributed by atoms with Crippen LogP contribution in [0, 0.1) is 13.8 Å². The van der Waals surface area contributed by atoms with Gasteiger partial charge in [0.15, 0.2) is 0 Å². The quantitative estimate of drug-likeness (QED) is 0.909. The zero-order valence-electron chi connectivity index (χ0n) is 13.6. The van der Waals surface area contributed by atoms with Gasteiger partial charge in [-0.2, -0.15) is 0 Å². The molecule has 0 saturated carbocycles. The Morgan fingerprint density at radius 2 is 1.61 bits per heavy atom. The number of hydrogen-bond acceptors (Lipinski definition) is 2. The van der Waals surface area contributed by atoms with Crippen LogP contribution < -0.4 is 10.6 Å². The second-order valence-electron chi connectivity index (χ2n) is 5.57. The van der Waals surface area contributed by atoms with Gasteiger partial charge in [-0.3, -0.25) is 4.79 Å². The highest BCUT2D eigenvalue weighted by Crippen LogP contribution is 2.11. The Labute approximate surface area is 136 Å². The van der Waals surface area contributed by atoms with Crippen LogP contribution in [0.4, 0.5) is 16.2 Å². The molecule has 0 bridgehead atoms. The van der Waals surface area contributed by atoms with Gasteiger partial charge in [0, 0.05) is 18.4 Å². The monoisotopic (exact) mass is 311 g/mol. The van der Waals surface area contributed by atoms with Gasteiger partial charge in [-0.1, -0.05) is 29.8 Å². The summed E-state index contributed by atoms with van der Waals surface area (Å²) in [5.41, 5.74) is 3.61. The lowest BCUT2D eigenvalue weighted by atomic mass is 10.2. The molecule has 0 aromatic heterocycles. The van der Waals surface area contributed by atoms with Crippen molar-refractivity contribution >= 4 is 23.3 Å². The lowest BCUT2D eigenvalue weighted by Crippen LogP contribution is -2.37. The highest BCUT2D eigenvalue weighted by atomic mass is 16.2. The number of carbonyl (C=O) groups is 2. The molecule has 0 aliphatic rings. The summed E-state index contributed by atoms with van der Waals surface area (Å²) >= 11 is 0.